The van der Waals surface area contributed by atoms with Crippen molar-refractivity contribution < 1.29 is 14.3 Å². The summed E-state index contributed by atoms with van der Waals surface area (Å²) in [4.78, 5) is 28.1. The van der Waals surface area contributed by atoms with Crippen molar-refractivity contribution in [1.82, 2.24) is 25.1 Å². The number of amides is 1. The molecule has 8 nitrogen and oxygen atoms in total. The normalized spacial score (nSPS) is 15.7. The second-order valence-corrected chi connectivity index (χ2v) is 7.04. The molecular formula is C21H21N5O3. The van der Waals surface area contributed by atoms with Crippen LogP contribution in [0.25, 0.3) is 11.4 Å². The number of rotatable bonds is 4. The van der Waals surface area contributed by atoms with E-state index in [4.69, 9.17) is 4.74 Å². The largest absolute Gasteiger partial charge is 0.467 e. The molecule has 0 N–H and O–H groups in total. The lowest BCUT2D eigenvalue weighted by Gasteiger charge is -2.35. The highest BCUT2D eigenvalue weighted by atomic mass is 16.5. The average Bonchev–Trinajstić information content (AvgIpc) is 3.21. The van der Waals surface area contributed by atoms with Gasteiger partial charge in [0.2, 0.25) is 11.7 Å². The first-order valence-electron chi connectivity index (χ1n) is 9.34. The Hall–Kier alpha value is -3.55. The summed E-state index contributed by atoms with van der Waals surface area (Å²) in [5.74, 6) is -0.242. The fourth-order valence-electron chi connectivity index (χ4n) is 3.47. The third kappa shape index (κ3) is 3.87. The first-order valence-corrected chi connectivity index (χ1v) is 9.34. The summed E-state index contributed by atoms with van der Waals surface area (Å²) in [6.45, 7) is 2.24. The molecule has 0 fully saturated rings. The van der Waals surface area contributed by atoms with Gasteiger partial charge in [0.25, 0.3) is 0 Å². The fourth-order valence-corrected chi connectivity index (χ4v) is 3.47. The van der Waals surface area contributed by atoms with E-state index in [1.54, 1.807) is 0 Å². The predicted molar refractivity (Wildman–Crippen MR) is 104 cm³/mol. The Morgan fingerprint density at radius 2 is 1.83 bits per heavy atom. The molecule has 1 aliphatic rings. The van der Waals surface area contributed by atoms with Gasteiger partial charge in [-0.1, -0.05) is 54.1 Å². The van der Waals surface area contributed by atoms with E-state index in [1.807, 2.05) is 55.5 Å². The molecule has 3 aromatic rings. The van der Waals surface area contributed by atoms with Crippen molar-refractivity contribution in [3.63, 3.8) is 0 Å². The minimum absolute atomic E-state index is 0.103. The van der Waals surface area contributed by atoms with Crippen LogP contribution in [0.2, 0.25) is 0 Å². The lowest BCUT2D eigenvalue weighted by atomic mass is 9.94. The standard InChI is InChI=1S/C21H21N5O3/c1-14-7-9-15(10-8-14)20-22-24-26(23-20)13-19(27)25-12-17-6-4-3-5-16(17)11-18(25)21(28)29-2/h3-10,18H,11-13H2,1-2H3/t18-/m1/s1. The molecule has 4 rings (SSSR count). The van der Waals surface area contributed by atoms with Crippen molar-refractivity contribution in [2.75, 3.05) is 7.11 Å². The number of methoxy groups -OCH3 is 1. The van der Waals surface area contributed by atoms with Crippen LogP contribution in [0.4, 0.5) is 0 Å². The molecule has 1 aromatic heterocycles. The van der Waals surface area contributed by atoms with E-state index in [1.165, 1.54) is 16.8 Å². The van der Waals surface area contributed by atoms with Gasteiger partial charge in [0.1, 0.15) is 12.6 Å². The fraction of sp³-hybridized carbons (Fsp3) is 0.286. The molecule has 1 atom stereocenters. The zero-order valence-corrected chi connectivity index (χ0v) is 16.3. The van der Waals surface area contributed by atoms with Crippen molar-refractivity contribution in [1.29, 1.82) is 0 Å². The second-order valence-electron chi connectivity index (χ2n) is 7.04. The number of benzene rings is 2. The Morgan fingerprint density at radius 3 is 2.55 bits per heavy atom. The third-order valence-electron chi connectivity index (χ3n) is 5.08. The van der Waals surface area contributed by atoms with Gasteiger partial charge in [-0.2, -0.15) is 4.80 Å². The van der Waals surface area contributed by atoms with Crippen LogP contribution in [-0.4, -0.2) is 50.1 Å². The maximum Gasteiger partial charge on any atom is 0.328 e. The third-order valence-corrected chi connectivity index (χ3v) is 5.08. The minimum atomic E-state index is -0.664. The molecule has 0 unspecified atom stereocenters. The Bertz CT molecular complexity index is 1040. The van der Waals surface area contributed by atoms with Crippen LogP contribution in [0.15, 0.2) is 48.5 Å². The maximum atomic E-state index is 13.0. The smallest absolute Gasteiger partial charge is 0.328 e. The second kappa shape index (κ2) is 7.83. The van der Waals surface area contributed by atoms with E-state index >= 15 is 0 Å². The zero-order valence-electron chi connectivity index (χ0n) is 16.3. The molecule has 0 aliphatic carbocycles. The number of esters is 1. The number of ether oxygens (including phenoxy) is 1. The summed E-state index contributed by atoms with van der Waals surface area (Å²) < 4.78 is 4.92. The number of aromatic nitrogens is 4. The predicted octanol–water partition coefficient (Wildman–Crippen LogP) is 1.78. The van der Waals surface area contributed by atoms with Gasteiger partial charge in [-0.15, -0.1) is 10.2 Å². The van der Waals surface area contributed by atoms with Crippen molar-refractivity contribution in [2.24, 2.45) is 0 Å². The number of fused-ring (bicyclic) bond motifs is 1. The molecule has 148 valence electrons. The van der Waals surface area contributed by atoms with E-state index in [2.05, 4.69) is 15.4 Å². The SMILES string of the molecule is COC(=O)[C@H]1Cc2ccccc2CN1C(=O)Cn1nnc(-c2ccc(C)cc2)n1. The van der Waals surface area contributed by atoms with Gasteiger partial charge in [0, 0.05) is 18.5 Å². The highest BCUT2D eigenvalue weighted by molar-refractivity contribution is 5.85. The van der Waals surface area contributed by atoms with E-state index in [9.17, 15) is 9.59 Å². The highest BCUT2D eigenvalue weighted by Crippen LogP contribution is 2.24. The number of carbonyl (C=O) groups is 2. The van der Waals surface area contributed by atoms with E-state index in [0.717, 1.165) is 22.3 Å². The summed E-state index contributed by atoms with van der Waals surface area (Å²) in [6.07, 6.45) is 0.425. The molecule has 2 heterocycles. The number of tetrazole rings is 1. The van der Waals surface area contributed by atoms with Crippen molar-refractivity contribution >= 4 is 11.9 Å². The number of aryl methyl sites for hydroxylation is 1. The van der Waals surface area contributed by atoms with Crippen molar-refractivity contribution in [3.05, 3.63) is 65.2 Å². The minimum Gasteiger partial charge on any atom is -0.467 e. The number of hydrogen-bond acceptors (Lipinski definition) is 6. The summed E-state index contributed by atoms with van der Waals surface area (Å²) in [5, 5.41) is 12.3. The Labute approximate surface area is 168 Å². The molecule has 8 heteroatoms. The van der Waals surface area contributed by atoms with Crippen LogP contribution in [0.1, 0.15) is 16.7 Å². The summed E-state index contributed by atoms with van der Waals surface area (Å²) in [5.41, 5.74) is 4.03. The maximum absolute atomic E-state index is 13.0. The topological polar surface area (TPSA) is 90.2 Å². The molecule has 1 amide bonds. The van der Waals surface area contributed by atoms with Crippen LogP contribution in [0, 0.1) is 6.92 Å². The van der Waals surface area contributed by atoms with Gasteiger partial charge in [0.05, 0.1) is 7.11 Å². The summed E-state index contributed by atoms with van der Waals surface area (Å²) in [6, 6.07) is 14.9. The van der Waals surface area contributed by atoms with E-state index in [-0.39, 0.29) is 12.5 Å². The first kappa shape index (κ1) is 18.8. The molecule has 0 saturated heterocycles. The van der Waals surface area contributed by atoms with Crippen molar-refractivity contribution in [2.45, 2.75) is 32.5 Å². The molecule has 0 saturated carbocycles. The molecule has 0 bridgehead atoms. The van der Waals surface area contributed by atoms with Gasteiger partial charge in [-0.05, 0) is 23.3 Å². The highest BCUT2D eigenvalue weighted by Gasteiger charge is 2.35. The lowest BCUT2D eigenvalue weighted by molar-refractivity contribution is -0.154. The lowest BCUT2D eigenvalue weighted by Crippen LogP contribution is -2.50. The van der Waals surface area contributed by atoms with Gasteiger partial charge < -0.3 is 9.64 Å². The van der Waals surface area contributed by atoms with Crippen LogP contribution in [-0.2, 0) is 33.8 Å². The molecular weight excluding hydrogens is 370 g/mol. The van der Waals surface area contributed by atoms with Crippen LogP contribution < -0.4 is 0 Å². The molecule has 1 aliphatic heterocycles. The molecule has 29 heavy (non-hydrogen) atoms. The quantitative estimate of drug-likeness (QED) is 0.630. The molecule has 2 aromatic carbocycles. The summed E-state index contributed by atoms with van der Waals surface area (Å²) in [7, 11) is 1.33. The van der Waals surface area contributed by atoms with Crippen molar-refractivity contribution in [3.8, 4) is 11.4 Å². The molecule has 0 spiro atoms. The van der Waals surface area contributed by atoms with Crippen LogP contribution in [0.5, 0.6) is 0 Å². The van der Waals surface area contributed by atoms with Gasteiger partial charge in [-0.3, -0.25) is 4.79 Å². The first-order chi connectivity index (χ1) is 14.0. The number of nitrogens with zero attached hydrogens (tertiary/aromatic N) is 5. The molecule has 0 radical (unpaired) electrons. The monoisotopic (exact) mass is 391 g/mol. The Morgan fingerprint density at radius 1 is 1.10 bits per heavy atom. The Kier molecular flexibility index (Phi) is 5.07. The van der Waals surface area contributed by atoms with E-state index in [0.29, 0.717) is 18.8 Å². The van der Waals surface area contributed by atoms with Crippen LogP contribution >= 0.6 is 0 Å². The van der Waals surface area contributed by atoms with Gasteiger partial charge in [0.15, 0.2) is 0 Å². The van der Waals surface area contributed by atoms with Gasteiger partial charge in [-0.25, -0.2) is 4.79 Å². The number of carbonyl (C=O) groups excluding carboxylic acids is 2. The Balaban J connectivity index is 1.54. The van der Waals surface area contributed by atoms with E-state index < -0.39 is 12.0 Å². The van der Waals surface area contributed by atoms with Crippen LogP contribution in [0.3, 0.4) is 0 Å². The summed E-state index contributed by atoms with van der Waals surface area (Å²) >= 11 is 0. The zero-order chi connectivity index (χ0) is 20.4. The number of hydrogen-bond donors (Lipinski definition) is 0. The average molecular weight is 391 g/mol. The van der Waals surface area contributed by atoms with Gasteiger partial charge >= 0.3 is 5.97 Å².